The van der Waals surface area contributed by atoms with Crippen LogP contribution < -0.4 is 9.62 Å². The lowest BCUT2D eigenvalue weighted by atomic mass is 9.99. The van der Waals surface area contributed by atoms with Gasteiger partial charge in [-0.25, -0.2) is 8.42 Å². The third kappa shape index (κ3) is 6.99. The monoisotopic (exact) mass is 528 g/mol. The van der Waals surface area contributed by atoms with Gasteiger partial charge in [0.1, 0.15) is 6.54 Å². The SMILES string of the molecule is CCCC[C@@H](CC)CNC(=O)CN(c1ccc(I)cc1)S(=O)(=O)c1ccccc1. The van der Waals surface area contributed by atoms with Gasteiger partial charge in [-0.2, -0.15) is 0 Å². The number of hydrogen-bond donors (Lipinski definition) is 1. The number of hydrogen-bond acceptors (Lipinski definition) is 3. The van der Waals surface area contributed by atoms with Crippen molar-refractivity contribution in [2.45, 2.75) is 44.4 Å². The van der Waals surface area contributed by atoms with Crippen molar-refractivity contribution in [3.8, 4) is 0 Å². The van der Waals surface area contributed by atoms with Crippen molar-refractivity contribution in [1.29, 1.82) is 0 Å². The molecule has 158 valence electrons. The van der Waals surface area contributed by atoms with E-state index in [1.807, 2.05) is 12.1 Å². The molecule has 2 aromatic carbocycles. The first-order valence-corrected chi connectivity index (χ1v) is 12.5. The molecular formula is C22H29IN2O3S. The fraction of sp³-hybridized carbons (Fsp3) is 0.409. The number of benzene rings is 2. The summed E-state index contributed by atoms with van der Waals surface area (Å²) >= 11 is 2.17. The summed E-state index contributed by atoms with van der Waals surface area (Å²) in [5.41, 5.74) is 0.474. The number of halogens is 1. The second-order valence-electron chi connectivity index (χ2n) is 7.02. The molecule has 0 fully saturated rings. The van der Waals surface area contributed by atoms with Crippen LogP contribution in [0.1, 0.15) is 39.5 Å². The lowest BCUT2D eigenvalue weighted by molar-refractivity contribution is -0.119. The van der Waals surface area contributed by atoms with E-state index in [9.17, 15) is 13.2 Å². The first kappa shape index (κ1) is 23.7. The van der Waals surface area contributed by atoms with Crippen LogP contribution in [0, 0.1) is 9.49 Å². The maximum atomic E-state index is 13.2. The predicted molar refractivity (Wildman–Crippen MR) is 126 cm³/mol. The Kier molecular flexibility index (Phi) is 9.42. The molecule has 0 heterocycles. The third-order valence-corrected chi connectivity index (χ3v) is 7.37. The number of nitrogens with one attached hydrogen (secondary N) is 1. The van der Waals surface area contributed by atoms with Crippen molar-refractivity contribution in [2.24, 2.45) is 5.92 Å². The topological polar surface area (TPSA) is 66.5 Å². The number of rotatable bonds is 11. The van der Waals surface area contributed by atoms with E-state index < -0.39 is 10.0 Å². The molecule has 0 unspecified atom stereocenters. The molecule has 0 aliphatic carbocycles. The molecule has 0 saturated carbocycles. The fourth-order valence-electron chi connectivity index (χ4n) is 3.03. The van der Waals surface area contributed by atoms with Crippen LogP contribution in [0.15, 0.2) is 59.5 Å². The van der Waals surface area contributed by atoms with Crippen molar-refractivity contribution >= 4 is 44.2 Å². The molecule has 0 spiro atoms. The van der Waals surface area contributed by atoms with Gasteiger partial charge in [0.25, 0.3) is 10.0 Å². The number of sulfonamides is 1. The Hall–Kier alpha value is -1.61. The zero-order valence-electron chi connectivity index (χ0n) is 17.0. The summed E-state index contributed by atoms with van der Waals surface area (Å²) in [5, 5.41) is 2.93. The summed E-state index contributed by atoms with van der Waals surface area (Å²) in [4.78, 5) is 12.8. The van der Waals surface area contributed by atoms with Gasteiger partial charge in [-0.3, -0.25) is 9.10 Å². The highest BCUT2D eigenvalue weighted by Crippen LogP contribution is 2.24. The van der Waals surface area contributed by atoms with Crippen molar-refractivity contribution in [3.05, 3.63) is 58.2 Å². The lowest BCUT2D eigenvalue weighted by Crippen LogP contribution is -2.42. The first-order valence-electron chi connectivity index (χ1n) is 9.98. The molecule has 29 heavy (non-hydrogen) atoms. The summed E-state index contributed by atoms with van der Waals surface area (Å²) in [6.07, 6.45) is 4.31. The molecule has 7 heteroatoms. The van der Waals surface area contributed by atoms with E-state index >= 15 is 0 Å². The summed E-state index contributed by atoms with van der Waals surface area (Å²) in [7, 11) is -3.85. The molecule has 0 saturated heterocycles. The number of nitrogens with zero attached hydrogens (tertiary/aromatic N) is 1. The average molecular weight is 528 g/mol. The number of amides is 1. The third-order valence-electron chi connectivity index (χ3n) is 4.86. The van der Waals surface area contributed by atoms with Crippen molar-refractivity contribution in [1.82, 2.24) is 5.32 Å². The summed E-state index contributed by atoms with van der Waals surface area (Å²) in [6, 6.07) is 15.3. The Labute approximate surface area is 188 Å². The van der Waals surface area contributed by atoms with Crippen molar-refractivity contribution < 1.29 is 13.2 Å². The van der Waals surface area contributed by atoms with Crippen LogP contribution in [0.2, 0.25) is 0 Å². The lowest BCUT2D eigenvalue weighted by Gasteiger charge is -2.25. The summed E-state index contributed by atoms with van der Waals surface area (Å²) < 4.78 is 28.6. The Morgan fingerprint density at radius 3 is 2.31 bits per heavy atom. The highest BCUT2D eigenvalue weighted by atomic mass is 127. The fourth-order valence-corrected chi connectivity index (χ4v) is 4.83. The number of carbonyl (C=O) groups is 1. The van der Waals surface area contributed by atoms with Gasteiger partial charge < -0.3 is 5.32 Å². The van der Waals surface area contributed by atoms with Gasteiger partial charge in [0, 0.05) is 10.1 Å². The largest absolute Gasteiger partial charge is 0.354 e. The standard InChI is InChI=1S/C22H29IN2O3S/c1-3-5-9-18(4-2)16-24-22(26)17-25(20-14-12-19(23)13-15-20)29(27,28)21-10-7-6-8-11-21/h6-8,10-15,18H,3-5,9,16-17H2,1-2H3,(H,24,26)/t18-/m1/s1. The predicted octanol–water partition coefficient (Wildman–Crippen LogP) is 4.82. The number of carbonyl (C=O) groups excluding carboxylic acids is 1. The maximum absolute atomic E-state index is 13.2. The first-order chi connectivity index (χ1) is 13.9. The molecule has 0 aromatic heterocycles. The second-order valence-corrected chi connectivity index (χ2v) is 10.1. The summed E-state index contributed by atoms with van der Waals surface area (Å²) in [5.74, 6) is 0.120. The maximum Gasteiger partial charge on any atom is 0.264 e. The molecule has 0 bridgehead atoms. The quantitative estimate of drug-likeness (QED) is 0.426. The van der Waals surface area contributed by atoms with Crippen LogP contribution in [0.25, 0.3) is 0 Å². The van der Waals surface area contributed by atoms with Gasteiger partial charge >= 0.3 is 0 Å². The van der Waals surface area contributed by atoms with E-state index in [2.05, 4.69) is 41.8 Å². The van der Waals surface area contributed by atoms with Gasteiger partial charge in [-0.15, -0.1) is 0 Å². The Bertz CT molecular complexity index is 871. The van der Waals surface area contributed by atoms with Crippen molar-refractivity contribution in [2.75, 3.05) is 17.4 Å². The Morgan fingerprint density at radius 1 is 1.07 bits per heavy atom. The molecule has 2 rings (SSSR count). The number of anilines is 1. The minimum absolute atomic E-state index is 0.167. The molecule has 2 aromatic rings. The van der Waals surface area contributed by atoms with Crippen LogP contribution in [0.3, 0.4) is 0 Å². The molecule has 0 aliphatic heterocycles. The van der Waals surface area contributed by atoms with Gasteiger partial charge in [-0.05, 0) is 71.3 Å². The summed E-state index contributed by atoms with van der Waals surface area (Å²) in [6.45, 7) is 4.59. The van der Waals surface area contributed by atoms with E-state index in [0.29, 0.717) is 18.2 Å². The zero-order valence-corrected chi connectivity index (χ0v) is 19.9. The molecular weight excluding hydrogens is 499 g/mol. The van der Waals surface area contributed by atoms with Crippen LogP contribution in [0.4, 0.5) is 5.69 Å². The Morgan fingerprint density at radius 2 is 1.72 bits per heavy atom. The molecule has 1 amide bonds. The normalized spacial score (nSPS) is 12.4. The molecule has 5 nitrogen and oxygen atoms in total. The van der Waals surface area contributed by atoms with Crippen LogP contribution in [-0.2, 0) is 14.8 Å². The molecule has 0 aliphatic rings. The minimum atomic E-state index is -3.85. The van der Waals surface area contributed by atoms with Crippen LogP contribution >= 0.6 is 22.6 Å². The minimum Gasteiger partial charge on any atom is -0.354 e. The van der Waals surface area contributed by atoms with E-state index in [1.54, 1.807) is 42.5 Å². The molecule has 1 atom stereocenters. The van der Waals surface area contributed by atoms with E-state index in [-0.39, 0.29) is 17.3 Å². The zero-order chi connectivity index (χ0) is 21.3. The van der Waals surface area contributed by atoms with Gasteiger partial charge in [0.15, 0.2) is 0 Å². The van der Waals surface area contributed by atoms with Crippen LogP contribution in [-0.4, -0.2) is 27.4 Å². The van der Waals surface area contributed by atoms with Gasteiger partial charge in [0.05, 0.1) is 10.6 Å². The van der Waals surface area contributed by atoms with E-state index in [1.165, 1.54) is 4.31 Å². The van der Waals surface area contributed by atoms with Crippen LogP contribution in [0.5, 0.6) is 0 Å². The Balaban J connectivity index is 2.20. The smallest absolute Gasteiger partial charge is 0.264 e. The van der Waals surface area contributed by atoms with Gasteiger partial charge in [-0.1, -0.05) is 51.3 Å². The highest BCUT2D eigenvalue weighted by molar-refractivity contribution is 14.1. The van der Waals surface area contributed by atoms with E-state index in [0.717, 1.165) is 29.3 Å². The molecule has 1 N–H and O–H groups in total. The number of unbranched alkanes of at least 4 members (excludes halogenated alkanes) is 1. The highest BCUT2D eigenvalue weighted by Gasteiger charge is 2.27. The second kappa shape index (κ2) is 11.5. The average Bonchev–Trinajstić information content (AvgIpc) is 2.73. The molecule has 0 radical (unpaired) electrons. The van der Waals surface area contributed by atoms with Crippen molar-refractivity contribution in [3.63, 3.8) is 0 Å². The van der Waals surface area contributed by atoms with Gasteiger partial charge in [0.2, 0.25) is 5.91 Å². The van der Waals surface area contributed by atoms with E-state index in [4.69, 9.17) is 0 Å².